The van der Waals surface area contributed by atoms with E-state index in [1.165, 1.54) is 0 Å². The summed E-state index contributed by atoms with van der Waals surface area (Å²) >= 11 is 0. The van der Waals surface area contributed by atoms with Crippen LogP contribution >= 0.6 is 0 Å². The lowest BCUT2D eigenvalue weighted by molar-refractivity contribution is -0.134. The number of carbonyl (C=O) groups is 1. The molecule has 1 atom stereocenters. The molecule has 0 aliphatic heterocycles. The van der Waals surface area contributed by atoms with Crippen molar-refractivity contribution < 1.29 is 4.79 Å². The van der Waals surface area contributed by atoms with Crippen LogP contribution in [0.2, 0.25) is 0 Å². The molecule has 0 fully saturated rings. The summed E-state index contributed by atoms with van der Waals surface area (Å²) in [5.74, 6) is 0.264. The largest absolute Gasteiger partial charge is 0.341 e. The van der Waals surface area contributed by atoms with Crippen LogP contribution in [-0.2, 0) is 11.3 Å². The van der Waals surface area contributed by atoms with Crippen molar-refractivity contribution in [3.8, 4) is 6.07 Å². The molecule has 96 valence electrons. The molecular weight excluding hydrogens is 224 g/mol. The van der Waals surface area contributed by atoms with Gasteiger partial charge in [-0.25, -0.2) is 0 Å². The molecule has 0 aliphatic rings. The van der Waals surface area contributed by atoms with Gasteiger partial charge in [0.25, 0.3) is 0 Å². The molecule has 1 aromatic rings. The highest BCUT2D eigenvalue weighted by molar-refractivity contribution is 5.78. The van der Waals surface area contributed by atoms with Crippen molar-refractivity contribution in [1.29, 1.82) is 5.26 Å². The second-order valence-corrected chi connectivity index (χ2v) is 4.69. The highest BCUT2D eigenvalue weighted by Gasteiger charge is 2.16. The third-order valence-electron chi connectivity index (χ3n) is 3.02. The van der Waals surface area contributed by atoms with Gasteiger partial charge in [0, 0.05) is 19.5 Å². The Bertz CT molecular complexity index is 431. The summed E-state index contributed by atoms with van der Waals surface area (Å²) in [4.78, 5) is 13.8. The first-order chi connectivity index (χ1) is 8.58. The van der Waals surface area contributed by atoms with Gasteiger partial charge in [0.2, 0.25) is 5.91 Å². The average molecular weight is 244 g/mol. The first-order valence-electron chi connectivity index (χ1n) is 6.32. The van der Waals surface area contributed by atoms with Crippen LogP contribution in [-0.4, -0.2) is 17.9 Å². The van der Waals surface area contributed by atoms with E-state index in [0.29, 0.717) is 12.1 Å². The van der Waals surface area contributed by atoms with Crippen LogP contribution in [0.4, 0.5) is 0 Å². The molecule has 0 N–H and O–H groups in total. The van der Waals surface area contributed by atoms with Gasteiger partial charge in [0.15, 0.2) is 0 Å². The molecule has 0 aromatic heterocycles. The van der Waals surface area contributed by atoms with Gasteiger partial charge in [0.05, 0.1) is 11.6 Å². The normalized spacial score (nSPS) is 11.7. The third kappa shape index (κ3) is 3.89. The highest BCUT2D eigenvalue weighted by atomic mass is 16.2. The highest BCUT2D eigenvalue weighted by Crippen LogP contribution is 2.12. The second kappa shape index (κ2) is 6.80. The molecule has 0 aliphatic carbocycles. The Hall–Kier alpha value is -1.82. The molecule has 0 spiro atoms. The number of nitriles is 1. The third-order valence-corrected chi connectivity index (χ3v) is 3.02. The minimum absolute atomic E-state index is 0.0818. The lowest BCUT2D eigenvalue weighted by atomic mass is 10.0. The zero-order chi connectivity index (χ0) is 13.5. The molecule has 1 aromatic carbocycles. The Morgan fingerprint density at radius 2 is 2.00 bits per heavy atom. The van der Waals surface area contributed by atoms with E-state index in [1.807, 2.05) is 26.1 Å². The van der Waals surface area contributed by atoms with E-state index in [0.717, 1.165) is 18.4 Å². The number of rotatable bonds is 5. The van der Waals surface area contributed by atoms with Crippen molar-refractivity contribution in [2.45, 2.75) is 33.2 Å². The van der Waals surface area contributed by atoms with Gasteiger partial charge in [-0.15, -0.1) is 0 Å². The maximum absolute atomic E-state index is 12.0. The lowest BCUT2D eigenvalue weighted by Gasteiger charge is -2.21. The molecule has 1 amide bonds. The Kier molecular flexibility index (Phi) is 5.38. The maximum Gasteiger partial charge on any atom is 0.225 e. The molecule has 0 bridgehead atoms. The second-order valence-electron chi connectivity index (χ2n) is 4.69. The minimum Gasteiger partial charge on any atom is -0.341 e. The fourth-order valence-electron chi connectivity index (χ4n) is 1.97. The number of hydrogen-bond acceptors (Lipinski definition) is 2. The number of hydrogen-bond donors (Lipinski definition) is 0. The van der Waals surface area contributed by atoms with Crippen LogP contribution in [0.3, 0.4) is 0 Å². The quantitative estimate of drug-likeness (QED) is 0.799. The first-order valence-corrected chi connectivity index (χ1v) is 6.32. The van der Waals surface area contributed by atoms with Gasteiger partial charge in [-0.05, 0) is 24.1 Å². The van der Waals surface area contributed by atoms with Crippen molar-refractivity contribution in [1.82, 2.24) is 4.90 Å². The predicted octanol–water partition coefficient (Wildman–Crippen LogP) is 2.95. The minimum atomic E-state index is 0.0818. The van der Waals surface area contributed by atoms with E-state index in [2.05, 4.69) is 13.0 Å². The summed E-state index contributed by atoms with van der Waals surface area (Å²) < 4.78 is 0. The SMILES string of the molecule is CCCC(C)C(=O)N(C)Cc1ccc(C#N)cc1. The summed E-state index contributed by atoms with van der Waals surface area (Å²) in [6, 6.07) is 9.44. The Morgan fingerprint density at radius 1 is 1.39 bits per heavy atom. The topological polar surface area (TPSA) is 44.1 Å². The van der Waals surface area contributed by atoms with E-state index in [4.69, 9.17) is 5.26 Å². The predicted molar refractivity (Wildman–Crippen MR) is 71.7 cm³/mol. The summed E-state index contributed by atoms with van der Waals surface area (Å²) in [7, 11) is 1.83. The van der Waals surface area contributed by atoms with Gasteiger partial charge in [-0.1, -0.05) is 32.4 Å². The van der Waals surface area contributed by atoms with Crippen LogP contribution in [0.5, 0.6) is 0 Å². The smallest absolute Gasteiger partial charge is 0.225 e. The molecule has 1 unspecified atom stereocenters. The van der Waals surface area contributed by atoms with Crippen molar-refractivity contribution in [3.05, 3.63) is 35.4 Å². The molecule has 0 radical (unpaired) electrons. The Labute approximate surface area is 109 Å². The fourth-order valence-corrected chi connectivity index (χ4v) is 1.97. The molecule has 0 heterocycles. The van der Waals surface area contributed by atoms with Crippen LogP contribution < -0.4 is 0 Å². The van der Waals surface area contributed by atoms with Crippen molar-refractivity contribution >= 4 is 5.91 Å². The molecule has 3 nitrogen and oxygen atoms in total. The van der Waals surface area contributed by atoms with Crippen molar-refractivity contribution in [3.63, 3.8) is 0 Å². The summed E-state index contributed by atoms with van der Waals surface area (Å²) in [5.41, 5.74) is 1.70. The number of carbonyl (C=O) groups excluding carboxylic acids is 1. The van der Waals surface area contributed by atoms with E-state index >= 15 is 0 Å². The summed E-state index contributed by atoms with van der Waals surface area (Å²) in [5, 5.41) is 8.72. The standard InChI is InChI=1S/C15H20N2O/c1-4-5-12(2)15(18)17(3)11-14-8-6-13(10-16)7-9-14/h6-9,12H,4-5,11H2,1-3H3. The molecule has 3 heteroatoms. The average Bonchev–Trinajstić information content (AvgIpc) is 2.39. The molecule has 18 heavy (non-hydrogen) atoms. The molecule has 1 rings (SSSR count). The molecular formula is C15H20N2O. The summed E-state index contributed by atoms with van der Waals surface area (Å²) in [6.45, 7) is 4.66. The van der Waals surface area contributed by atoms with Crippen molar-refractivity contribution in [2.75, 3.05) is 7.05 Å². The van der Waals surface area contributed by atoms with Gasteiger partial charge >= 0.3 is 0 Å². The Morgan fingerprint density at radius 3 is 2.50 bits per heavy atom. The zero-order valence-corrected chi connectivity index (χ0v) is 11.3. The van der Waals surface area contributed by atoms with Gasteiger partial charge in [-0.3, -0.25) is 4.79 Å². The monoisotopic (exact) mass is 244 g/mol. The van der Waals surface area contributed by atoms with Crippen LogP contribution in [0, 0.1) is 17.2 Å². The van der Waals surface area contributed by atoms with Crippen LogP contribution in [0.25, 0.3) is 0 Å². The molecule has 0 saturated carbocycles. The lowest BCUT2D eigenvalue weighted by Crippen LogP contribution is -2.31. The van der Waals surface area contributed by atoms with E-state index in [1.54, 1.807) is 17.0 Å². The zero-order valence-electron chi connectivity index (χ0n) is 11.3. The van der Waals surface area contributed by atoms with Gasteiger partial charge < -0.3 is 4.90 Å². The number of nitrogens with zero attached hydrogens (tertiary/aromatic N) is 2. The Balaban J connectivity index is 2.61. The first kappa shape index (κ1) is 14.2. The van der Waals surface area contributed by atoms with Gasteiger partial charge in [0.1, 0.15) is 0 Å². The number of benzene rings is 1. The molecule has 0 saturated heterocycles. The van der Waals surface area contributed by atoms with Gasteiger partial charge in [-0.2, -0.15) is 5.26 Å². The van der Waals surface area contributed by atoms with E-state index in [9.17, 15) is 4.79 Å². The summed E-state index contributed by atoms with van der Waals surface area (Å²) in [6.07, 6.45) is 1.95. The van der Waals surface area contributed by atoms with E-state index < -0.39 is 0 Å². The maximum atomic E-state index is 12.0. The van der Waals surface area contributed by atoms with Crippen LogP contribution in [0.1, 0.15) is 37.8 Å². The van der Waals surface area contributed by atoms with E-state index in [-0.39, 0.29) is 11.8 Å². The fraction of sp³-hybridized carbons (Fsp3) is 0.467. The van der Waals surface area contributed by atoms with Crippen LogP contribution in [0.15, 0.2) is 24.3 Å². The number of amides is 1. The van der Waals surface area contributed by atoms with Crippen molar-refractivity contribution in [2.24, 2.45) is 5.92 Å².